The van der Waals surface area contributed by atoms with Gasteiger partial charge in [-0.05, 0) is 49.0 Å². The maximum absolute atomic E-state index is 14.8. The lowest BCUT2D eigenvalue weighted by Crippen LogP contribution is -2.30. The zero-order valence-electron chi connectivity index (χ0n) is 19.2. The van der Waals surface area contributed by atoms with Crippen molar-refractivity contribution in [1.29, 1.82) is 0 Å². The van der Waals surface area contributed by atoms with Crippen molar-refractivity contribution < 1.29 is 13.9 Å². The molecule has 3 aliphatic rings. The van der Waals surface area contributed by atoms with Crippen LogP contribution in [-0.4, -0.2) is 53.8 Å². The molecule has 1 fully saturated rings. The number of fused-ring (bicyclic) bond motifs is 1. The van der Waals surface area contributed by atoms with E-state index >= 15 is 0 Å². The Labute approximate surface area is 215 Å². The molecule has 2 aromatic heterocycles. The maximum Gasteiger partial charge on any atom is 0.251 e. The largest absolute Gasteiger partial charge is 0.486 e. The Kier molecular flexibility index (Phi) is 7.86. The van der Waals surface area contributed by atoms with Gasteiger partial charge >= 0.3 is 0 Å². The summed E-state index contributed by atoms with van der Waals surface area (Å²) in [5.41, 5.74) is 2.37. The normalized spacial score (nSPS) is 20.5. The Morgan fingerprint density at radius 3 is 2.74 bits per heavy atom. The summed E-state index contributed by atoms with van der Waals surface area (Å²) in [6.07, 6.45) is 2.83. The summed E-state index contributed by atoms with van der Waals surface area (Å²) < 4.78 is 27.7. The highest BCUT2D eigenvalue weighted by atomic mass is 35.5. The second kappa shape index (κ2) is 10.7. The molecule has 6 rings (SSSR count). The van der Waals surface area contributed by atoms with Crippen molar-refractivity contribution in [3.8, 4) is 11.5 Å². The van der Waals surface area contributed by atoms with Gasteiger partial charge in [-0.2, -0.15) is 0 Å². The third kappa shape index (κ3) is 4.98. The van der Waals surface area contributed by atoms with E-state index in [1.807, 2.05) is 6.07 Å². The lowest BCUT2D eigenvalue weighted by molar-refractivity contribution is 0.170. The van der Waals surface area contributed by atoms with Gasteiger partial charge in [0, 0.05) is 49.8 Å². The lowest BCUT2D eigenvalue weighted by atomic mass is 9.98. The van der Waals surface area contributed by atoms with Crippen LogP contribution in [0, 0.1) is 11.7 Å². The van der Waals surface area contributed by atoms with Gasteiger partial charge in [0.2, 0.25) is 0 Å². The molecule has 10 heteroatoms. The fraction of sp³-hybridized carbons (Fsp3) is 0.440. The van der Waals surface area contributed by atoms with E-state index in [0.29, 0.717) is 43.5 Å². The Morgan fingerprint density at radius 2 is 1.89 bits per heavy atom. The molecule has 0 bridgehead atoms. The minimum atomic E-state index is -0.200. The number of hydrogen-bond donors (Lipinski definition) is 1. The van der Waals surface area contributed by atoms with Crippen molar-refractivity contribution in [3.63, 3.8) is 0 Å². The van der Waals surface area contributed by atoms with Crippen molar-refractivity contribution in [2.45, 2.75) is 25.4 Å². The Balaban J connectivity index is 0.00000144. The molecule has 1 aromatic carbocycles. The van der Waals surface area contributed by atoms with E-state index in [-0.39, 0.29) is 42.1 Å². The summed E-state index contributed by atoms with van der Waals surface area (Å²) in [7, 11) is 0. The van der Waals surface area contributed by atoms with E-state index in [1.165, 1.54) is 6.07 Å². The first kappa shape index (κ1) is 25.7. The Hall–Kier alpha value is -2.39. The van der Waals surface area contributed by atoms with E-state index in [1.54, 1.807) is 29.0 Å². The molecule has 3 aliphatic heterocycles. The summed E-state index contributed by atoms with van der Waals surface area (Å²) in [4.78, 5) is 19.2. The van der Waals surface area contributed by atoms with Gasteiger partial charge in [0.1, 0.15) is 19.0 Å². The zero-order valence-corrected chi connectivity index (χ0v) is 20.9. The minimum absolute atomic E-state index is 0. The standard InChI is InChI=1S/C25H27FN4O3.2ClH/c26-20-3-1-17-2-4-23(31)30-15-18(24(20)25(17)30)14-29-6-5-16(13-29)10-27-11-19-9-21-22(12-28-19)33-8-7-32-21;;/h1-4,9,12,16,18,27H,5-8,10-11,13-15H2;2*1H/t16-,18?;;/m1../s1. The van der Waals surface area contributed by atoms with Crippen LogP contribution >= 0.6 is 24.8 Å². The van der Waals surface area contributed by atoms with Gasteiger partial charge in [0.15, 0.2) is 11.5 Å². The molecule has 2 atom stereocenters. The van der Waals surface area contributed by atoms with Crippen LogP contribution in [0.3, 0.4) is 0 Å². The van der Waals surface area contributed by atoms with Gasteiger partial charge in [0.05, 0.1) is 17.4 Å². The van der Waals surface area contributed by atoms with Crippen molar-refractivity contribution in [3.05, 3.63) is 64.0 Å². The summed E-state index contributed by atoms with van der Waals surface area (Å²) in [6.45, 7) is 6.02. The van der Waals surface area contributed by atoms with Gasteiger partial charge in [0.25, 0.3) is 5.56 Å². The second-order valence-corrected chi connectivity index (χ2v) is 9.24. The average molecular weight is 523 g/mol. The fourth-order valence-electron chi connectivity index (χ4n) is 5.47. The highest BCUT2D eigenvalue weighted by Gasteiger charge is 2.32. The van der Waals surface area contributed by atoms with E-state index in [0.717, 1.165) is 54.9 Å². The quantitative estimate of drug-likeness (QED) is 0.535. The average Bonchev–Trinajstić information content (AvgIpc) is 3.44. The van der Waals surface area contributed by atoms with Crippen LogP contribution in [-0.2, 0) is 13.1 Å². The van der Waals surface area contributed by atoms with E-state index < -0.39 is 0 Å². The number of hydrogen-bond acceptors (Lipinski definition) is 6. The molecule has 0 aliphatic carbocycles. The van der Waals surface area contributed by atoms with Gasteiger partial charge in [-0.1, -0.05) is 0 Å². The first-order valence-electron chi connectivity index (χ1n) is 11.7. The van der Waals surface area contributed by atoms with Gasteiger partial charge in [-0.3, -0.25) is 9.78 Å². The predicted molar refractivity (Wildman–Crippen MR) is 137 cm³/mol. The van der Waals surface area contributed by atoms with Crippen LogP contribution in [0.5, 0.6) is 11.5 Å². The van der Waals surface area contributed by atoms with E-state index in [4.69, 9.17) is 9.47 Å². The highest BCUT2D eigenvalue weighted by molar-refractivity contribution is 5.86. The Morgan fingerprint density at radius 1 is 1.09 bits per heavy atom. The minimum Gasteiger partial charge on any atom is -0.486 e. The van der Waals surface area contributed by atoms with Crippen LogP contribution in [0.1, 0.15) is 23.6 Å². The molecule has 0 saturated carbocycles. The molecule has 35 heavy (non-hydrogen) atoms. The fourth-order valence-corrected chi connectivity index (χ4v) is 5.47. The van der Waals surface area contributed by atoms with E-state index in [2.05, 4.69) is 15.2 Å². The SMILES string of the molecule is Cl.Cl.O=c1ccc2ccc(F)c3c2n1CC3CN1CC[C@H](CNCc2cc3c(cn2)OCCO3)C1. The van der Waals surface area contributed by atoms with Crippen LogP contribution in [0.4, 0.5) is 4.39 Å². The number of halogens is 3. The molecule has 7 nitrogen and oxygen atoms in total. The Bertz CT molecular complexity index is 1270. The number of pyridine rings is 2. The van der Waals surface area contributed by atoms with Gasteiger partial charge in [-0.25, -0.2) is 4.39 Å². The molecule has 0 spiro atoms. The highest BCUT2D eigenvalue weighted by Crippen LogP contribution is 2.36. The molecule has 0 radical (unpaired) electrons. The maximum atomic E-state index is 14.8. The lowest BCUT2D eigenvalue weighted by Gasteiger charge is -2.21. The van der Waals surface area contributed by atoms with Crippen LogP contribution in [0.25, 0.3) is 10.9 Å². The number of nitrogens with one attached hydrogen (secondary N) is 1. The van der Waals surface area contributed by atoms with E-state index in [9.17, 15) is 9.18 Å². The summed E-state index contributed by atoms with van der Waals surface area (Å²) in [5.74, 6) is 1.82. The molecule has 0 amide bonds. The number of likely N-dealkylation sites (tertiary alicyclic amines) is 1. The molecule has 1 N–H and O–H groups in total. The van der Waals surface area contributed by atoms with Crippen molar-refractivity contribution in [2.75, 3.05) is 39.4 Å². The summed E-state index contributed by atoms with van der Waals surface area (Å²) in [5, 5.41) is 4.46. The molecular weight excluding hydrogens is 494 g/mol. The molecule has 5 heterocycles. The summed E-state index contributed by atoms with van der Waals surface area (Å²) >= 11 is 0. The van der Waals surface area contributed by atoms with Crippen molar-refractivity contribution in [2.24, 2.45) is 5.92 Å². The van der Waals surface area contributed by atoms with Crippen LogP contribution < -0.4 is 20.3 Å². The number of benzene rings is 1. The van der Waals surface area contributed by atoms with Crippen LogP contribution in [0.2, 0.25) is 0 Å². The zero-order chi connectivity index (χ0) is 22.4. The first-order chi connectivity index (χ1) is 16.2. The first-order valence-corrected chi connectivity index (χ1v) is 11.7. The van der Waals surface area contributed by atoms with Gasteiger partial charge < -0.3 is 24.3 Å². The van der Waals surface area contributed by atoms with Crippen LogP contribution in [0.15, 0.2) is 41.3 Å². The second-order valence-electron chi connectivity index (χ2n) is 9.24. The number of rotatable bonds is 6. The molecule has 1 unspecified atom stereocenters. The number of ether oxygens (including phenoxy) is 2. The third-order valence-corrected chi connectivity index (χ3v) is 7.02. The molecular formula is C25H29Cl2FN4O3. The smallest absolute Gasteiger partial charge is 0.251 e. The van der Waals surface area contributed by atoms with Crippen molar-refractivity contribution in [1.82, 2.24) is 19.8 Å². The third-order valence-electron chi connectivity index (χ3n) is 7.02. The molecule has 3 aromatic rings. The predicted octanol–water partition coefficient (Wildman–Crippen LogP) is 3.36. The van der Waals surface area contributed by atoms with Gasteiger partial charge in [-0.15, -0.1) is 24.8 Å². The molecule has 188 valence electrons. The van der Waals surface area contributed by atoms with Crippen molar-refractivity contribution >= 4 is 35.7 Å². The number of nitrogens with zero attached hydrogens (tertiary/aromatic N) is 3. The number of aromatic nitrogens is 2. The topological polar surface area (TPSA) is 68.6 Å². The monoisotopic (exact) mass is 522 g/mol. The molecule has 1 saturated heterocycles. The summed E-state index contributed by atoms with van der Waals surface area (Å²) in [6, 6.07) is 8.62.